The van der Waals surface area contributed by atoms with Gasteiger partial charge in [-0.2, -0.15) is 0 Å². The van der Waals surface area contributed by atoms with Gasteiger partial charge >= 0.3 is 0 Å². The molecule has 1 unspecified atom stereocenters. The van der Waals surface area contributed by atoms with Crippen LogP contribution in [0.5, 0.6) is 0 Å². The van der Waals surface area contributed by atoms with Gasteiger partial charge in [-0.15, -0.1) is 0 Å². The van der Waals surface area contributed by atoms with Gasteiger partial charge < -0.3 is 10.2 Å². The van der Waals surface area contributed by atoms with Crippen LogP contribution in [0.1, 0.15) is 43.9 Å². The maximum absolute atomic E-state index is 6.35. The molecule has 3 rings (SSSR count). The van der Waals surface area contributed by atoms with Crippen LogP contribution in [0.3, 0.4) is 0 Å². The quantitative estimate of drug-likeness (QED) is 0.855. The molecule has 1 aromatic heterocycles. The number of benzene rings is 1. The fourth-order valence-corrected chi connectivity index (χ4v) is 3.16. The van der Waals surface area contributed by atoms with Crippen LogP contribution < -0.4 is 5.73 Å². The molecular weight excluding hydrogens is 246 g/mol. The Morgan fingerprint density at radius 1 is 1.22 bits per heavy atom. The lowest BCUT2D eigenvalue weighted by Crippen LogP contribution is -2.22. The SMILES string of the molecule is NC(c1cc2cccc(Cl)c2o1)C1CCCCC1. The number of para-hydroxylation sites is 1. The lowest BCUT2D eigenvalue weighted by Gasteiger charge is -2.25. The van der Waals surface area contributed by atoms with Crippen molar-refractivity contribution in [2.45, 2.75) is 38.1 Å². The second-order valence-corrected chi connectivity index (χ2v) is 5.64. The average molecular weight is 264 g/mol. The van der Waals surface area contributed by atoms with Gasteiger partial charge in [0.05, 0.1) is 11.1 Å². The lowest BCUT2D eigenvalue weighted by molar-refractivity contribution is 0.284. The number of nitrogens with two attached hydrogens (primary N) is 1. The van der Waals surface area contributed by atoms with E-state index in [-0.39, 0.29) is 6.04 Å². The molecule has 3 heteroatoms. The Morgan fingerprint density at radius 3 is 2.72 bits per heavy atom. The van der Waals surface area contributed by atoms with Crippen molar-refractivity contribution in [2.75, 3.05) is 0 Å². The van der Waals surface area contributed by atoms with Crippen LogP contribution in [0.15, 0.2) is 28.7 Å². The standard InChI is InChI=1S/C15H18ClNO/c16-12-8-4-7-11-9-13(18-15(11)12)14(17)10-5-2-1-3-6-10/h4,7-10,14H,1-3,5-6,17H2. The molecule has 96 valence electrons. The third-order valence-electron chi connectivity index (χ3n) is 4.00. The van der Waals surface area contributed by atoms with Gasteiger partial charge in [0.15, 0.2) is 5.58 Å². The predicted octanol–water partition coefficient (Wildman–Crippen LogP) is 4.67. The monoisotopic (exact) mass is 263 g/mol. The third-order valence-corrected chi connectivity index (χ3v) is 4.30. The predicted molar refractivity (Wildman–Crippen MR) is 74.7 cm³/mol. The normalized spacial score (nSPS) is 19.2. The van der Waals surface area contributed by atoms with Crippen molar-refractivity contribution in [2.24, 2.45) is 11.7 Å². The summed E-state index contributed by atoms with van der Waals surface area (Å²) in [6.07, 6.45) is 6.35. The molecule has 1 fully saturated rings. The number of hydrogen-bond donors (Lipinski definition) is 1. The van der Waals surface area contributed by atoms with Gasteiger partial charge in [0.1, 0.15) is 5.76 Å². The van der Waals surface area contributed by atoms with Crippen molar-refractivity contribution < 1.29 is 4.42 Å². The number of rotatable bonds is 2. The number of furan rings is 1. The van der Waals surface area contributed by atoms with Crippen molar-refractivity contribution in [3.63, 3.8) is 0 Å². The van der Waals surface area contributed by atoms with E-state index in [0.29, 0.717) is 10.9 Å². The van der Waals surface area contributed by atoms with Crippen LogP contribution in [-0.4, -0.2) is 0 Å². The van der Waals surface area contributed by atoms with Crippen LogP contribution >= 0.6 is 11.6 Å². The van der Waals surface area contributed by atoms with E-state index in [9.17, 15) is 0 Å². The molecule has 1 atom stereocenters. The molecule has 1 aliphatic rings. The van der Waals surface area contributed by atoms with Gasteiger partial charge in [0.2, 0.25) is 0 Å². The van der Waals surface area contributed by atoms with Crippen LogP contribution in [0.25, 0.3) is 11.0 Å². The molecule has 2 aromatic rings. The zero-order valence-electron chi connectivity index (χ0n) is 10.4. The Bertz CT molecular complexity index is 542. The second kappa shape index (κ2) is 4.94. The lowest BCUT2D eigenvalue weighted by atomic mass is 9.83. The summed E-state index contributed by atoms with van der Waals surface area (Å²) in [4.78, 5) is 0. The van der Waals surface area contributed by atoms with E-state index < -0.39 is 0 Å². The number of halogens is 1. The minimum atomic E-state index is 0.00812. The van der Waals surface area contributed by atoms with Crippen molar-refractivity contribution in [1.82, 2.24) is 0 Å². The van der Waals surface area contributed by atoms with E-state index in [1.54, 1.807) is 0 Å². The summed E-state index contributed by atoms with van der Waals surface area (Å²) in [6.45, 7) is 0. The molecule has 2 nitrogen and oxygen atoms in total. The van der Waals surface area contributed by atoms with E-state index in [1.165, 1.54) is 32.1 Å². The maximum atomic E-state index is 6.35. The Hall–Kier alpha value is -0.990. The molecule has 1 aliphatic carbocycles. The minimum Gasteiger partial charge on any atom is -0.458 e. The first-order chi connectivity index (χ1) is 8.75. The fourth-order valence-electron chi connectivity index (χ4n) is 2.94. The van der Waals surface area contributed by atoms with E-state index in [2.05, 4.69) is 0 Å². The number of fused-ring (bicyclic) bond motifs is 1. The first-order valence-electron chi connectivity index (χ1n) is 6.69. The minimum absolute atomic E-state index is 0.00812. The first-order valence-corrected chi connectivity index (χ1v) is 7.07. The molecule has 18 heavy (non-hydrogen) atoms. The van der Waals surface area contributed by atoms with Crippen LogP contribution in [-0.2, 0) is 0 Å². The van der Waals surface area contributed by atoms with Crippen LogP contribution in [0.4, 0.5) is 0 Å². The highest BCUT2D eigenvalue weighted by Crippen LogP contribution is 2.36. The van der Waals surface area contributed by atoms with Crippen LogP contribution in [0.2, 0.25) is 5.02 Å². The molecular formula is C15H18ClNO. The topological polar surface area (TPSA) is 39.2 Å². The van der Waals surface area contributed by atoms with Gasteiger partial charge in [0, 0.05) is 5.39 Å². The van der Waals surface area contributed by atoms with Gasteiger partial charge in [0.25, 0.3) is 0 Å². The van der Waals surface area contributed by atoms with Crippen molar-refractivity contribution in [3.8, 4) is 0 Å². The molecule has 0 saturated heterocycles. The molecule has 1 aromatic carbocycles. The van der Waals surface area contributed by atoms with Gasteiger partial charge in [-0.25, -0.2) is 0 Å². The van der Waals surface area contributed by atoms with Crippen LogP contribution in [0, 0.1) is 5.92 Å². The molecule has 0 bridgehead atoms. The molecule has 0 spiro atoms. The Morgan fingerprint density at radius 2 is 2.00 bits per heavy atom. The maximum Gasteiger partial charge on any atom is 0.152 e. The Labute approximate surface area is 112 Å². The van der Waals surface area contributed by atoms with Gasteiger partial charge in [-0.05, 0) is 30.9 Å². The molecule has 1 saturated carbocycles. The summed E-state index contributed by atoms with van der Waals surface area (Å²) < 4.78 is 5.86. The molecule has 0 amide bonds. The highest BCUT2D eigenvalue weighted by Gasteiger charge is 2.24. The second-order valence-electron chi connectivity index (χ2n) is 5.23. The van der Waals surface area contributed by atoms with E-state index in [1.807, 2.05) is 24.3 Å². The fraction of sp³-hybridized carbons (Fsp3) is 0.467. The zero-order chi connectivity index (χ0) is 12.5. The summed E-state index contributed by atoms with van der Waals surface area (Å²) in [7, 11) is 0. The average Bonchev–Trinajstić information content (AvgIpc) is 2.84. The highest BCUT2D eigenvalue weighted by molar-refractivity contribution is 6.34. The summed E-state index contributed by atoms with van der Waals surface area (Å²) >= 11 is 6.13. The Balaban J connectivity index is 1.91. The highest BCUT2D eigenvalue weighted by atomic mass is 35.5. The smallest absolute Gasteiger partial charge is 0.152 e. The van der Waals surface area contributed by atoms with E-state index in [0.717, 1.165) is 16.7 Å². The van der Waals surface area contributed by atoms with Gasteiger partial charge in [-0.1, -0.05) is 43.0 Å². The summed E-state index contributed by atoms with van der Waals surface area (Å²) in [5.41, 5.74) is 7.11. The molecule has 1 heterocycles. The summed E-state index contributed by atoms with van der Waals surface area (Å²) in [6, 6.07) is 7.86. The van der Waals surface area contributed by atoms with E-state index in [4.69, 9.17) is 21.8 Å². The number of hydrogen-bond acceptors (Lipinski definition) is 2. The Kier molecular flexibility index (Phi) is 3.31. The van der Waals surface area contributed by atoms with Crippen molar-refractivity contribution >= 4 is 22.6 Å². The third kappa shape index (κ3) is 2.15. The zero-order valence-corrected chi connectivity index (χ0v) is 11.1. The van der Waals surface area contributed by atoms with Crippen molar-refractivity contribution in [1.29, 1.82) is 0 Å². The van der Waals surface area contributed by atoms with E-state index >= 15 is 0 Å². The first kappa shape index (κ1) is 12.1. The summed E-state index contributed by atoms with van der Waals surface area (Å²) in [5.74, 6) is 1.43. The summed E-state index contributed by atoms with van der Waals surface area (Å²) in [5, 5.41) is 1.71. The molecule has 2 N–H and O–H groups in total. The van der Waals surface area contributed by atoms with Gasteiger partial charge in [-0.3, -0.25) is 0 Å². The molecule has 0 radical (unpaired) electrons. The molecule has 0 aliphatic heterocycles. The van der Waals surface area contributed by atoms with Crippen molar-refractivity contribution in [3.05, 3.63) is 35.0 Å². The largest absolute Gasteiger partial charge is 0.458 e.